The summed E-state index contributed by atoms with van der Waals surface area (Å²) >= 11 is 3.16. The molecule has 3 rings (SSSR count). The highest BCUT2D eigenvalue weighted by Crippen LogP contribution is 2.39. The Morgan fingerprint density at radius 2 is 2.14 bits per heavy atom. The molecule has 5 nitrogen and oxygen atoms in total. The largest absolute Gasteiger partial charge is 0.376 e. The van der Waals surface area contributed by atoms with Gasteiger partial charge >= 0.3 is 5.69 Å². The van der Waals surface area contributed by atoms with E-state index < -0.39 is 11.1 Å². The smallest absolute Gasteiger partial charge is 0.325 e. The van der Waals surface area contributed by atoms with Crippen molar-refractivity contribution in [1.82, 2.24) is 4.98 Å². The molecule has 0 amide bonds. The van der Waals surface area contributed by atoms with Crippen molar-refractivity contribution < 1.29 is 9.31 Å². The van der Waals surface area contributed by atoms with Crippen LogP contribution in [-0.4, -0.2) is 22.1 Å². The molecular weight excluding hydrogens is 341 g/mol. The summed E-state index contributed by atoms with van der Waals surface area (Å²) in [6.07, 6.45) is 0.714. The predicted molar refractivity (Wildman–Crippen MR) is 82.3 cm³/mol. The van der Waals surface area contributed by atoms with Crippen molar-refractivity contribution in [3.05, 3.63) is 39.0 Å². The fourth-order valence-electron chi connectivity index (χ4n) is 2.75. The van der Waals surface area contributed by atoms with Crippen molar-refractivity contribution in [2.75, 3.05) is 5.32 Å². The van der Waals surface area contributed by atoms with E-state index in [1.807, 2.05) is 6.07 Å². The lowest BCUT2D eigenvalue weighted by molar-refractivity contribution is -0.385. The summed E-state index contributed by atoms with van der Waals surface area (Å²) in [6, 6.07) is 7.12. The lowest BCUT2D eigenvalue weighted by atomic mass is 10.1. The molecule has 1 saturated carbocycles. The molecule has 0 bridgehead atoms. The van der Waals surface area contributed by atoms with E-state index >= 15 is 0 Å². The molecule has 1 fully saturated rings. The zero-order valence-electron chi connectivity index (χ0n) is 11.1. The number of alkyl halides is 1. The van der Waals surface area contributed by atoms with Crippen LogP contribution in [0.2, 0.25) is 0 Å². The monoisotopic (exact) mass is 353 g/mol. The first-order chi connectivity index (χ1) is 10.1. The van der Waals surface area contributed by atoms with Gasteiger partial charge in [0.1, 0.15) is 11.9 Å². The van der Waals surface area contributed by atoms with E-state index in [1.165, 1.54) is 0 Å². The van der Waals surface area contributed by atoms with Gasteiger partial charge < -0.3 is 5.32 Å². The first-order valence-electron chi connectivity index (χ1n) is 6.69. The number of anilines is 1. The molecule has 1 aromatic carbocycles. The van der Waals surface area contributed by atoms with Gasteiger partial charge in [-0.3, -0.25) is 10.1 Å². The number of halogens is 2. The van der Waals surface area contributed by atoms with Crippen LogP contribution in [-0.2, 0) is 0 Å². The highest BCUT2D eigenvalue weighted by molar-refractivity contribution is 9.10. The summed E-state index contributed by atoms with van der Waals surface area (Å²) in [6.45, 7) is 0. The molecular formula is C14H13BrFN3O2. The maximum Gasteiger partial charge on any atom is 0.325 e. The molecule has 1 aliphatic rings. The summed E-state index contributed by atoms with van der Waals surface area (Å²) in [7, 11) is 0. The van der Waals surface area contributed by atoms with Gasteiger partial charge in [0.25, 0.3) is 0 Å². The van der Waals surface area contributed by atoms with E-state index in [0.29, 0.717) is 35.9 Å². The number of benzene rings is 1. The fourth-order valence-corrected chi connectivity index (χ4v) is 3.28. The van der Waals surface area contributed by atoms with Crippen LogP contribution in [0.1, 0.15) is 19.3 Å². The van der Waals surface area contributed by atoms with Crippen LogP contribution >= 0.6 is 15.9 Å². The van der Waals surface area contributed by atoms with Gasteiger partial charge in [0, 0.05) is 11.4 Å². The van der Waals surface area contributed by atoms with E-state index in [0.717, 1.165) is 0 Å². The molecule has 110 valence electrons. The van der Waals surface area contributed by atoms with Gasteiger partial charge in [-0.15, -0.1) is 0 Å². The second-order valence-electron chi connectivity index (χ2n) is 5.15. The number of nitrogens with zero attached hydrogens (tertiary/aromatic N) is 2. The third kappa shape index (κ3) is 2.70. The average Bonchev–Trinajstić information content (AvgIpc) is 2.83. The molecule has 0 aliphatic heterocycles. The SMILES string of the molecule is O=[N+]([O-])c1c(Br)nc2ccccc2c1N[C@H]1CC[C@@H](F)C1. The van der Waals surface area contributed by atoms with Gasteiger partial charge in [-0.05, 0) is 41.3 Å². The highest BCUT2D eigenvalue weighted by atomic mass is 79.9. The van der Waals surface area contributed by atoms with E-state index in [2.05, 4.69) is 26.2 Å². The maximum absolute atomic E-state index is 13.3. The third-order valence-corrected chi connectivity index (χ3v) is 4.28. The Bertz CT molecular complexity index is 710. The molecule has 1 aliphatic carbocycles. The van der Waals surface area contributed by atoms with Crippen LogP contribution in [0.5, 0.6) is 0 Å². The number of fused-ring (bicyclic) bond motifs is 1. The molecule has 0 spiro atoms. The Balaban J connectivity index is 2.12. The van der Waals surface area contributed by atoms with Gasteiger partial charge in [-0.25, -0.2) is 9.37 Å². The first kappa shape index (κ1) is 14.2. The molecule has 1 N–H and O–H groups in total. The zero-order valence-corrected chi connectivity index (χ0v) is 12.6. The van der Waals surface area contributed by atoms with Gasteiger partial charge in [0.15, 0.2) is 4.60 Å². The number of pyridine rings is 1. The van der Waals surface area contributed by atoms with Gasteiger partial charge in [-0.1, -0.05) is 18.2 Å². The number of hydrogen-bond acceptors (Lipinski definition) is 4. The fraction of sp³-hybridized carbons (Fsp3) is 0.357. The van der Waals surface area contributed by atoms with Crippen LogP contribution < -0.4 is 5.32 Å². The summed E-state index contributed by atoms with van der Waals surface area (Å²) < 4.78 is 13.5. The minimum absolute atomic E-state index is 0.0867. The summed E-state index contributed by atoms with van der Waals surface area (Å²) in [5, 5.41) is 15.2. The van der Waals surface area contributed by atoms with E-state index in [1.54, 1.807) is 18.2 Å². The van der Waals surface area contributed by atoms with Crippen molar-refractivity contribution in [3.8, 4) is 0 Å². The number of nitro groups is 1. The number of nitrogens with one attached hydrogen (secondary N) is 1. The van der Waals surface area contributed by atoms with Gasteiger partial charge in [0.2, 0.25) is 0 Å². The Morgan fingerprint density at radius 1 is 1.38 bits per heavy atom. The molecule has 0 unspecified atom stereocenters. The van der Waals surface area contributed by atoms with E-state index in [-0.39, 0.29) is 16.3 Å². The Morgan fingerprint density at radius 3 is 2.81 bits per heavy atom. The molecule has 2 aromatic rings. The minimum Gasteiger partial charge on any atom is -0.376 e. The Hall–Kier alpha value is -1.76. The van der Waals surface area contributed by atoms with Crippen LogP contribution in [0.3, 0.4) is 0 Å². The standard InChI is InChI=1S/C14H13BrFN3O2/c15-14-13(19(20)21)12(17-9-6-5-8(16)7-9)10-3-1-2-4-11(10)18-14/h1-4,8-9H,5-7H2,(H,17,18)/t8-,9+/m1/s1. The first-order valence-corrected chi connectivity index (χ1v) is 7.49. The van der Waals surface area contributed by atoms with Crippen molar-refractivity contribution in [3.63, 3.8) is 0 Å². The third-order valence-electron chi connectivity index (χ3n) is 3.72. The van der Waals surface area contributed by atoms with Crippen molar-refractivity contribution in [1.29, 1.82) is 0 Å². The van der Waals surface area contributed by atoms with Crippen molar-refractivity contribution in [2.24, 2.45) is 0 Å². The predicted octanol–water partition coefficient (Wildman–Crippen LogP) is 4.21. The van der Waals surface area contributed by atoms with Crippen LogP contribution in [0.4, 0.5) is 15.8 Å². The number of hydrogen-bond donors (Lipinski definition) is 1. The Kier molecular flexibility index (Phi) is 3.75. The quantitative estimate of drug-likeness (QED) is 0.509. The average molecular weight is 354 g/mol. The van der Waals surface area contributed by atoms with Crippen molar-refractivity contribution in [2.45, 2.75) is 31.5 Å². The molecule has 7 heteroatoms. The molecule has 1 aromatic heterocycles. The lowest BCUT2D eigenvalue weighted by Crippen LogP contribution is -2.17. The van der Waals surface area contributed by atoms with Crippen LogP contribution in [0.25, 0.3) is 10.9 Å². The van der Waals surface area contributed by atoms with Gasteiger partial charge in [-0.2, -0.15) is 0 Å². The minimum atomic E-state index is -0.835. The second kappa shape index (κ2) is 5.55. The normalized spacial score (nSPS) is 21.6. The summed E-state index contributed by atoms with van der Waals surface area (Å²) in [4.78, 5) is 15.1. The summed E-state index contributed by atoms with van der Waals surface area (Å²) in [5.74, 6) is 0. The number of aromatic nitrogens is 1. The molecule has 2 atom stereocenters. The zero-order chi connectivity index (χ0) is 15.0. The second-order valence-corrected chi connectivity index (χ2v) is 5.90. The molecule has 0 radical (unpaired) electrons. The van der Waals surface area contributed by atoms with Gasteiger partial charge in [0.05, 0.1) is 10.4 Å². The molecule has 21 heavy (non-hydrogen) atoms. The molecule has 0 saturated heterocycles. The Labute approximate surface area is 128 Å². The number of para-hydroxylation sites is 1. The van der Waals surface area contributed by atoms with E-state index in [4.69, 9.17) is 0 Å². The van der Waals surface area contributed by atoms with Crippen LogP contribution in [0, 0.1) is 10.1 Å². The highest BCUT2D eigenvalue weighted by Gasteiger charge is 2.29. The number of rotatable bonds is 3. The summed E-state index contributed by atoms with van der Waals surface area (Å²) in [5.41, 5.74) is 0.972. The van der Waals surface area contributed by atoms with Crippen LogP contribution in [0.15, 0.2) is 28.9 Å². The van der Waals surface area contributed by atoms with Crippen molar-refractivity contribution >= 4 is 38.2 Å². The molecule has 1 heterocycles. The lowest BCUT2D eigenvalue weighted by Gasteiger charge is -2.16. The van der Waals surface area contributed by atoms with E-state index in [9.17, 15) is 14.5 Å². The maximum atomic E-state index is 13.3. The topological polar surface area (TPSA) is 68.1 Å².